The number of ketones is 1. The topological polar surface area (TPSA) is 63.2 Å². The van der Waals surface area contributed by atoms with Crippen LogP contribution in [0.2, 0.25) is 10.0 Å². The third-order valence-corrected chi connectivity index (χ3v) is 6.85. The Morgan fingerprint density at radius 1 is 1.16 bits per heavy atom. The fourth-order valence-corrected chi connectivity index (χ4v) is 4.68. The molecule has 2 N–H and O–H groups in total. The highest BCUT2D eigenvalue weighted by molar-refractivity contribution is 6.34. The molecule has 31 heavy (non-hydrogen) atoms. The third-order valence-electron chi connectivity index (χ3n) is 6.22. The van der Waals surface area contributed by atoms with Gasteiger partial charge in [0.1, 0.15) is 5.78 Å². The summed E-state index contributed by atoms with van der Waals surface area (Å²) in [7, 11) is 0. The number of halogens is 2. The standard InChI is InChI=1S/C24H29Cl2N3O2/c25-21-4-3-17(10-23(21)29-13-16-5-8-31-9-6-16)20-11-19(28-15-22(20)26)12-24(30)18-2-1-7-27-14-18/h3-4,10-11,15-16,18,27,29H,1-2,5-9,12-14H2/t18-/m1/s1. The zero-order valence-electron chi connectivity index (χ0n) is 17.6. The molecule has 0 saturated carbocycles. The van der Waals surface area contributed by atoms with Gasteiger partial charge in [-0.25, -0.2) is 0 Å². The molecular formula is C24H29Cl2N3O2. The minimum atomic E-state index is 0.0752. The van der Waals surface area contributed by atoms with Crippen molar-refractivity contribution in [2.24, 2.45) is 11.8 Å². The molecule has 0 spiro atoms. The Hall–Kier alpha value is -1.66. The van der Waals surface area contributed by atoms with Gasteiger partial charge in [0.15, 0.2) is 0 Å². The Morgan fingerprint density at radius 3 is 2.77 bits per heavy atom. The van der Waals surface area contributed by atoms with Crippen molar-refractivity contribution in [1.29, 1.82) is 0 Å². The van der Waals surface area contributed by atoms with Gasteiger partial charge in [-0.3, -0.25) is 9.78 Å². The zero-order chi connectivity index (χ0) is 21.6. The smallest absolute Gasteiger partial charge is 0.143 e. The van der Waals surface area contributed by atoms with Crippen LogP contribution in [-0.2, 0) is 16.0 Å². The first-order chi connectivity index (χ1) is 15.1. The van der Waals surface area contributed by atoms with Gasteiger partial charge in [-0.2, -0.15) is 0 Å². The number of hydrogen-bond acceptors (Lipinski definition) is 5. The quantitative estimate of drug-likeness (QED) is 0.606. The number of piperidine rings is 1. The van der Waals surface area contributed by atoms with Crippen LogP contribution in [0.3, 0.4) is 0 Å². The first-order valence-electron chi connectivity index (χ1n) is 11.1. The van der Waals surface area contributed by atoms with Gasteiger partial charge in [-0.05, 0) is 61.9 Å². The average Bonchev–Trinajstić information content (AvgIpc) is 2.81. The first-order valence-corrected chi connectivity index (χ1v) is 11.8. The maximum atomic E-state index is 12.7. The number of pyridine rings is 1. The molecule has 0 unspecified atom stereocenters. The summed E-state index contributed by atoms with van der Waals surface area (Å²) in [4.78, 5) is 17.1. The van der Waals surface area contributed by atoms with Crippen LogP contribution in [-0.4, -0.2) is 43.6 Å². The molecule has 2 aliphatic heterocycles. The summed E-state index contributed by atoms with van der Waals surface area (Å²) in [5, 5.41) is 8.05. The van der Waals surface area contributed by atoms with Crippen molar-refractivity contribution in [3.05, 3.63) is 46.2 Å². The number of Topliss-reactive ketones (excluding diaryl/α,β-unsaturated/α-hetero) is 1. The van der Waals surface area contributed by atoms with Gasteiger partial charge >= 0.3 is 0 Å². The molecule has 2 aliphatic rings. The number of carbonyl (C=O) groups excluding carboxylic acids is 1. The zero-order valence-corrected chi connectivity index (χ0v) is 19.1. The summed E-state index contributed by atoms with van der Waals surface area (Å²) in [5.74, 6) is 0.902. The minimum Gasteiger partial charge on any atom is -0.384 e. The van der Waals surface area contributed by atoms with Gasteiger partial charge in [0, 0.05) is 56.1 Å². The molecule has 0 amide bonds. The van der Waals surface area contributed by atoms with Gasteiger partial charge in [0.05, 0.1) is 15.7 Å². The van der Waals surface area contributed by atoms with E-state index in [0.29, 0.717) is 22.4 Å². The van der Waals surface area contributed by atoms with Crippen LogP contribution in [0.1, 0.15) is 31.4 Å². The van der Waals surface area contributed by atoms with Crippen LogP contribution < -0.4 is 10.6 Å². The van der Waals surface area contributed by atoms with Crippen molar-refractivity contribution >= 4 is 34.7 Å². The largest absolute Gasteiger partial charge is 0.384 e. The molecule has 3 heterocycles. The van der Waals surface area contributed by atoms with Crippen LogP contribution in [0, 0.1) is 11.8 Å². The second kappa shape index (κ2) is 10.8. The number of ether oxygens (including phenoxy) is 1. The van der Waals surface area contributed by atoms with Crippen LogP contribution in [0.15, 0.2) is 30.5 Å². The maximum Gasteiger partial charge on any atom is 0.143 e. The number of nitrogens with one attached hydrogen (secondary N) is 2. The Morgan fingerprint density at radius 2 is 2.00 bits per heavy atom. The third kappa shape index (κ3) is 5.98. The highest BCUT2D eigenvalue weighted by Gasteiger charge is 2.22. The van der Waals surface area contributed by atoms with Crippen molar-refractivity contribution in [2.45, 2.75) is 32.1 Å². The number of carbonyl (C=O) groups is 1. The van der Waals surface area contributed by atoms with Crippen molar-refractivity contribution in [3.8, 4) is 11.1 Å². The lowest BCUT2D eigenvalue weighted by Crippen LogP contribution is -2.35. The molecule has 1 aromatic carbocycles. The summed E-state index contributed by atoms with van der Waals surface area (Å²) in [6.07, 6.45) is 6.10. The first kappa shape index (κ1) is 22.5. The van der Waals surface area contributed by atoms with E-state index in [4.69, 9.17) is 27.9 Å². The Bertz CT molecular complexity index is 910. The van der Waals surface area contributed by atoms with Gasteiger partial charge in [-0.1, -0.05) is 29.3 Å². The average molecular weight is 462 g/mol. The van der Waals surface area contributed by atoms with Gasteiger partial charge in [0.2, 0.25) is 0 Å². The van der Waals surface area contributed by atoms with E-state index in [1.54, 1.807) is 6.20 Å². The molecule has 0 aliphatic carbocycles. The van der Waals surface area contributed by atoms with Crippen molar-refractivity contribution < 1.29 is 9.53 Å². The fourth-order valence-electron chi connectivity index (χ4n) is 4.28. The molecule has 0 radical (unpaired) electrons. The fraction of sp³-hybridized carbons (Fsp3) is 0.500. The van der Waals surface area contributed by atoms with Gasteiger partial charge < -0.3 is 15.4 Å². The molecular weight excluding hydrogens is 433 g/mol. The lowest BCUT2D eigenvalue weighted by Gasteiger charge is -2.23. The molecule has 4 rings (SSSR count). The number of nitrogens with zero attached hydrogens (tertiary/aromatic N) is 1. The van der Waals surface area contributed by atoms with Crippen molar-refractivity contribution in [1.82, 2.24) is 10.3 Å². The van der Waals surface area contributed by atoms with Crippen LogP contribution >= 0.6 is 23.2 Å². The van der Waals surface area contributed by atoms with E-state index in [2.05, 4.69) is 15.6 Å². The molecule has 2 fully saturated rings. The molecule has 166 valence electrons. The van der Waals surface area contributed by atoms with Crippen molar-refractivity contribution in [3.63, 3.8) is 0 Å². The van der Waals surface area contributed by atoms with Crippen LogP contribution in [0.5, 0.6) is 0 Å². The second-order valence-corrected chi connectivity index (χ2v) is 9.29. The Kier molecular flexibility index (Phi) is 7.83. The van der Waals surface area contributed by atoms with E-state index in [1.807, 2.05) is 24.3 Å². The Labute approximate surface area is 193 Å². The monoisotopic (exact) mass is 461 g/mol. The number of anilines is 1. The van der Waals surface area contributed by atoms with E-state index in [-0.39, 0.29) is 11.7 Å². The van der Waals surface area contributed by atoms with E-state index in [0.717, 1.165) is 81.0 Å². The molecule has 1 atom stereocenters. The minimum absolute atomic E-state index is 0.0752. The highest BCUT2D eigenvalue weighted by atomic mass is 35.5. The van der Waals surface area contributed by atoms with Crippen LogP contribution in [0.4, 0.5) is 5.69 Å². The van der Waals surface area contributed by atoms with Gasteiger partial charge in [-0.15, -0.1) is 0 Å². The lowest BCUT2D eigenvalue weighted by atomic mass is 9.92. The predicted octanol–water partition coefficient (Wildman–Crippen LogP) is 5.01. The predicted molar refractivity (Wildman–Crippen MR) is 126 cm³/mol. The van der Waals surface area contributed by atoms with Crippen LogP contribution in [0.25, 0.3) is 11.1 Å². The molecule has 7 heteroatoms. The summed E-state index contributed by atoms with van der Waals surface area (Å²) >= 11 is 12.9. The molecule has 0 bridgehead atoms. The second-order valence-electron chi connectivity index (χ2n) is 8.47. The summed E-state index contributed by atoms with van der Waals surface area (Å²) < 4.78 is 5.44. The van der Waals surface area contributed by atoms with Crippen molar-refractivity contribution in [2.75, 3.05) is 38.2 Å². The number of rotatable bonds is 7. The number of benzene rings is 1. The molecule has 5 nitrogen and oxygen atoms in total. The molecule has 1 aromatic heterocycles. The number of hydrogen-bond donors (Lipinski definition) is 2. The van der Waals surface area contributed by atoms with E-state index < -0.39 is 0 Å². The van der Waals surface area contributed by atoms with E-state index in [9.17, 15) is 4.79 Å². The van der Waals surface area contributed by atoms with E-state index >= 15 is 0 Å². The molecule has 2 saturated heterocycles. The van der Waals surface area contributed by atoms with Gasteiger partial charge in [0.25, 0.3) is 0 Å². The maximum absolute atomic E-state index is 12.7. The summed E-state index contributed by atoms with van der Waals surface area (Å²) in [6.45, 7) is 4.27. The van der Waals surface area contributed by atoms with E-state index in [1.165, 1.54) is 0 Å². The lowest BCUT2D eigenvalue weighted by molar-refractivity contribution is -0.122. The normalized spacial score (nSPS) is 19.9. The molecule has 2 aromatic rings. The SMILES string of the molecule is O=C(Cc1cc(-c2ccc(Cl)c(NCC3CCOCC3)c2)c(Cl)cn1)[C@@H]1CCCNC1. The summed E-state index contributed by atoms with van der Waals surface area (Å²) in [5.41, 5.74) is 3.47. The Balaban J connectivity index is 1.48. The summed E-state index contributed by atoms with van der Waals surface area (Å²) in [6, 6.07) is 7.81. The highest BCUT2D eigenvalue weighted by Crippen LogP contribution is 2.33. The number of aromatic nitrogens is 1.